The van der Waals surface area contributed by atoms with E-state index in [0.717, 1.165) is 48.4 Å². The summed E-state index contributed by atoms with van der Waals surface area (Å²) in [6.07, 6.45) is 9.41. The lowest BCUT2D eigenvalue weighted by atomic mass is 9.48. The first kappa shape index (κ1) is 20.4. The van der Waals surface area contributed by atoms with Crippen molar-refractivity contribution >= 4 is 17.4 Å². The molecule has 0 spiro atoms. The van der Waals surface area contributed by atoms with Crippen molar-refractivity contribution in [2.24, 2.45) is 17.8 Å². The van der Waals surface area contributed by atoms with Gasteiger partial charge in [0.2, 0.25) is 0 Å². The van der Waals surface area contributed by atoms with Crippen molar-refractivity contribution < 1.29 is 9.59 Å². The topological polar surface area (TPSA) is 64.0 Å². The van der Waals surface area contributed by atoms with Gasteiger partial charge in [-0.15, -0.1) is 0 Å². The summed E-state index contributed by atoms with van der Waals surface area (Å²) in [5, 5.41) is 8.14. The summed E-state index contributed by atoms with van der Waals surface area (Å²) >= 11 is 0. The average molecular weight is 440 g/mol. The smallest absolute Gasteiger partial charge is 0.259 e. The number of rotatable bonds is 5. The Kier molecular flexibility index (Phi) is 4.75. The predicted octanol–water partition coefficient (Wildman–Crippen LogP) is 5.80. The predicted molar refractivity (Wildman–Crippen MR) is 128 cm³/mol. The van der Waals surface area contributed by atoms with Crippen molar-refractivity contribution in [2.75, 3.05) is 5.32 Å². The number of carbonyl (C=O) groups excluding carboxylic acids is 2. The van der Waals surface area contributed by atoms with Crippen molar-refractivity contribution in [1.29, 1.82) is 0 Å². The molecule has 0 radical (unpaired) electrons. The van der Waals surface area contributed by atoms with E-state index in [4.69, 9.17) is 5.10 Å². The van der Waals surface area contributed by atoms with Crippen molar-refractivity contribution in [3.8, 4) is 5.69 Å². The van der Waals surface area contributed by atoms with E-state index in [9.17, 15) is 9.59 Å². The maximum Gasteiger partial charge on any atom is 0.259 e. The molecule has 0 unspecified atom stereocenters. The molecular weight excluding hydrogens is 410 g/mol. The van der Waals surface area contributed by atoms with Crippen LogP contribution in [0.5, 0.6) is 0 Å². The van der Waals surface area contributed by atoms with E-state index in [1.807, 2.05) is 41.2 Å². The van der Waals surface area contributed by atoms with Crippen LogP contribution in [-0.4, -0.2) is 21.5 Å². The summed E-state index contributed by atoms with van der Waals surface area (Å²) in [7, 11) is 0. The number of Topliss-reactive ketones (excluding diaryl/α,β-unsaturated/α-hetero) is 1. The minimum atomic E-state index is -0.126. The molecule has 4 aliphatic rings. The Morgan fingerprint density at radius 1 is 0.909 bits per heavy atom. The van der Waals surface area contributed by atoms with Crippen LogP contribution < -0.4 is 5.32 Å². The molecule has 4 aliphatic carbocycles. The van der Waals surface area contributed by atoms with Crippen molar-refractivity contribution in [3.63, 3.8) is 0 Å². The van der Waals surface area contributed by atoms with Gasteiger partial charge in [0.05, 0.1) is 16.9 Å². The third kappa shape index (κ3) is 3.60. The van der Waals surface area contributed by atoms with Gasteiger partial charge in [-0.05, 0) is 99.6 Å². The van der Waals surface area contributed by atoms with Gasteiger partial charge < -0.3 is 5.32 Å². The Balaban J connectivity index is 1.38. The maximum absolute atomic E-state index is 13.6. The number of nitrogens with zero attached hydrogens (tertiary/aromatic N) is 2. The Bertz CT molecular complexity index is 1170. The third-order valence-corrected chi connectivity index (χ3v) is 8.07. The van der Waals surface area contributed by atoms with Crippen LogP contribution in [0.2, 0.25) is 0 Å². The highest BCUT2D eigenvalue weighted by molar-refractivity contribution is 6.05. The fourth-order valence-electron chi connectivity index (χ4n) is 7.03. The summed E-state index contributed by atoms with van der Waals surface area (Å²) in [5.41, 5.74) is 3.96. The van der Waals surface area contributed by atoms with Gasteiger partial charge in [0, 0.05) is 22.9 Å². The minimum Gasteiger partial charge on any atom is -0.322 e. The molecule has 7 rings (SSSR count). The minimum absolute atomic E-state index is 0.0138. The van der Waals surface area contributed by atoms with E-state index in [1.54, 1.807) is 31.2 Å². The average Bonchev–Trinajstić information content (AvgIpc) is 3.26. The Morgan fingerprint density at radius 2 is 1.52 bits per heavy atom. The Hall–Kier alpha value is -3.21. The summed E-state index contributed by atoms with van der Waals surface area (Å²) in [6, 6.07) is 17.1. The molecule has 5 heteroatoms. The molecule has 1 N–H and O–H groups in total. The number of hydrogen-bond acceptors (Lipinski definition) is 3. The van der Waals surface area contributed by atoms with E-state index in [1.165, 1.54) is 19.3 Å². The van der Waals surface area contributed by atoms with E-state index in [2.05, 4.69) is 5.32 Å². The number of ketones is 1. The fraction of sp³-hybridized carbons (Fsp3) is 0.393. The number of nitrogens with one attached hydrogen (secondary N) is 1. The number of aromatic nitrogens is 2. The monoisotopic (exact) mass is 439 g/mol. The van der Waals surface area contributed by atoms with Gasteiger partial charge in [-0.1, -0.05) is 18.2 Å². The van der Waals surface area contributed by atoms with Gasteiger partial charge in [-0.25, -0.2) is 4.68 Å². The van der Waals surface area contributed by atoms with Crippen LogP contribution in [0, 0.1) is 17.8 Å². The second-order valence-corrected chi connectivity index (χ2v) is 10.5. The molecule has 4 saturated carbocycles. The van der Waals surface area contributed by atoms with Crippen LogP contribution in [0.4, 0.5) is 5.69 Å². The lowest BCUT2D eigenvalue weighted by Crippen LogP contribution is -2.49. The fourth-order valence-corrected chi connectivity index (χ4v) is 7.03. The first-order chi connectivity index (χ1) is 16.0. The van der Waals surface area contributed by atoms with Crippen LogP contribution in [0.15, 0.2) is 60.8 Å². The molecule has 2 aromatic carbocycles. The zero-order valence-electron chi connectivity index (χ0n) is 19.0. The van der Waals surface area contributed by atoms with Gasteiger partial charge in [-0.3, -0.25) is 9.59 Å². The number of anilines is 1. The molecule has 168 valence electrons. The van der Waals surface area contributed by atoms with E-state index in [-0.39, 0.29) is 17.1 Å². The number of carbonyl (C=O) groups is 2. The highest BCUT2D eigenvalue weighted by atomic mass is 16.1. The highest BCUT2D eigenvalue weighted by Crippen LogP contribution is 2.60. The Labute approximate surface area is 194 Å². The molecule has 3 aromatic rings. The summed E-state index contributed by atoms with van der Waals surface area (Å²) in [6.45, 7) is 1.54. The van der Waals surface area contributed by atoms with Gasteiger partial charge in [0.1, 0.15) is 0 Å². The quantitative estimate of drug-likeness (QED) is 0.512. The van der Waals surface area contributed by atoms with E-state index < -0.39 is 0 Å². The lowest BCUT2D eigenvalue weighted by Gasteiger charge is -2.56. The molecule has 0 aliphatic heterocycles. The number of para-hydroxylation sites is 1. The van der Waals surface area contributed by atoms with E-state index in [0.29, 0.717) is 16.8 Å². The number of amides is 1. The molecular formula is C28H29N3O2. The first-order valence-electron chi connectivity index (χ1n) is 12.1. The normalized spacial score (nSPS) is 27.5. The van der Waals surface area contributed by atoms with Gasteiger partial charge in [0.15, 0.2) is 5.78 Å². The van der Waals surface area contributed by atoms with Crippen LogP contribution in [0.3, 0.4) is 0 Å². The lowest BCUT2D eigenvalue weighted by molar-refractivity contribution is -0.00765. The number of hydrogen-bond donors (Lipinski definition) is 1. The molecule has 0 atom stereocenters. The largest absolute Gasteiger partial charge is 0.322 e. The van der Waals surface area contributed by atoms with Crippen LogP contribution in [0.1, 0.15) is 71.9 Å². The summed E-state index contributed by atoms with van der Waals surface area (Å²) < 4.78 is 1.88. The van der Waals surface area contributed by atoms with Crippen LogP contribution in [-0.2, 0) is 5.41 Å². The molecule has 1 amide bonds. The second kappa shape index (κ2) is 7.68. The molecule has 0 saturated heterocycles. The van der Waals surface area contributed by atoms with Gasteiger partial charge in [0.25, 0.3) is 5.91 Å². The maximum atomic E-state index is 13.6. The standard InChI is InChI=1S/C28H29N3O2/c1-18(32)22-7-9-23(10-8-22)29-27(33)25-17-31(24-5-3-2-4-6-24)30-26(25)28-14-19-11-20(15-28)13-21(12-19)16-28/h2-10,17,19-21H,11-16H2,1H3,(H,29,33). The van der Waals surface area contributed by atoms with Gasteiger partial charge >= 0.3 is 0 Å². The molecule has 4 fully saturated rings. The first-order valence-corrected chi connectivity index (χ1v) is 12.1. The molecule has 4 bridgehead atoms. The molecule has 33 heavy (non-hydrogen) atoms. The van der Waals surface area contributed by atoms with Gasteiger partial charge in [-0.2, -0.15) is 5.10 Å². The zero-order valence-corrected chi connectivity index (χ0v) is 19.0. The molecule has 5 nitrogen and oxygen atoms in total. The van der Waals surface area contributed by atoms with Crippen LogP contribution in [0.25, 0.3) is 5.69 Å². The van der Waals surface area contributed by atoms with Crippen molar-refractivity contribution in [2.45, 2.75) is 50.9 Å². The highest BCUT2D eigenvalue weighted by Gasteiger charge is 2.53. The molecule has 1 aromatic heterocycles. The second-order valence-electron chi connectivity index (χ2n) is 10.5. The third-order valence-electron chi connectivity index (χ3n) is 8.07. The van der Waals surface area contributed by atoms with Crippen LogP contribution >= 0.6 is 0 Å². The Morgan fingerprint density at radius 3 is 2.09 bits per heavy atom. The summed E-state index contributed by atoms with van der Waals surface area (Å²) in [4.78, 5) is 25.1. The number of benzene rings is 2. The zero-order chi connectivity index (χ0) is 22.6. The molecule has 1 heterocycles. The SMILES string of the molecule is CC(=O)c1ccc(NC(=O)c2cn(-c3ccccc3)nc2C23CC4CC(CC(C4)C2)C3)cc1. The van der Waals surface area contributed by atoms with E-state index >= 15 is 0 Å². The van der Waals surface area contributed by atoms with Crippen molar-refractivity contribution in [1.82, 2.24) is 9.78 Å². The van der Waals surface area contributed by atoms with Crippen molar-refractivity contribution in [3.05, 3.63) is 77.6 Å². The summed E-state index contributed by atoms with van der Waals surface area (Å²) in [5.74, 6) is 2.20.